The maximum Gasteiger partial charge on any atom is 0.244 e. The fourth-order valence-electron chi connectivity index (χ4n) is 3.97. The molecule has 2 amide bonds. The molecule has 0 spiro atoms. The first-order valence-electron chi connectivity index (χ1n) is 11.8. The molecule has 0 radical (unpaired) electrons. The third-order valence-corrected chi connectivity index (χ3v) is 7.65. The lowest BCUT2D eigenvalue weighted by molar-refractivity contribution is -0.140. The Kier molecular flexibility index (Phi) is 10.6. The Morgan fingerprint density at radius 1 is 1.00 bits per heavy atom. The van der Waals surface area contributed by atoms with Gasteiger partial charge < -0.3 is 10.2 Å². The van der Waals surface area contributed by atoms with Crippen molar-refractivity contribution in [1.29, 1.82) is 0 Å². The number of benzene rings is 2. The number of halogens is 2. The minimum Gasteiger partial charge on any atom is -0.354 e. The van der Waals surface area contributed by atoms with Crippen LogP contribution in [0.25, 0.3) is 0 Å². The largest absolute Gasteiger partial charge is 0.354 e. The van der Waals surface area contributed by atoms with Crippen LogP contribution in [0.2, 0.25) is 10.0 Å². The van der Waals surface area contributed by atoms with Crippen LogP contribution in [0.1, 0.15) is 43.9 Å². The summed E-state index contributed by atoms with van der Waals surface area (Å²) < 4.78 is 26.8. The lowest BCUT2D eigenvalue weighted by atomic mass is 10.1. The molecule has 0 saturated carbocycles. The smallest absolute Gasteiger partial charge is 0.244 e. The van der Waals surface area contributed by atoms with Crippen molar-refractivity contribution >= 4 is 50.7 Å². The summed E-state index contributed by atoms with van der Waals surface area (Å²) in [5, 5.41) is 3.59. The summed E-state index contributed by atoms with van der Waals surface area (Å²) in [4.78, 5) is 28.3. The van der Waals surface area contributed by atoms with E-state index in [-0.39, 0.29) is 18.4 Å². The van der Waals surface area contributed by atoms with Crippen molar-refractivity contribution in [2.75, 3.05) is 23.7 Å². The molecule has 0 aliphatic heterocycles. The van der Waals surface area contributed by atoms with E-state index in [1.165, 1.54) is 4.90 Å². The first-order chi connectivity index (χ1) is 16.8. The molecule has 1 unspecified atom stereocenters. The second-order valence-corrected chi connectivity index (χ2v) is 12.0. The van der Waals surface area contributed by atoms with E-state index < -0.39 is 28.5 Å². The first kappa shape index (κ1) is 29.9. The van der Waals surface area contributed by atoms with Gasteiger partial charge >= 0.3 is 0 Å². The highest BCUT2D eigenvalue weighted by Gasteiger charge is 2.33. The molecule has 1 N–H and O–H groups in total. The highest BCUT2D eigenvalue weighted by Crippen LogP contribution is 2.29. The van der Waals surface area contributed by atoms with Gasteiger partial charge in [0.15, 0.2) is 0 Å². The van der Waals surface area contributed by atoms with Crippen LogP contribution in [0.5, 0.6) is 0 Å². The van der Waals surface area contributed by atoms with Crippen LogP contribution < -0.4 is 9.62 Å². The van der Waals surface area contributed by atoms with E-state index in [0.29, 0.717) is 34.3 Å². The van der Waals surface area contributed by atoms with Crippen molar-refractivity contribution in [3.05, 3.63) is 63.1 Å². The lowest BCUT2D eigenvalue weighted by Crippen LogP contribution is -2.52. The Morgan fingerprint density at radius 3 is 2.00 bits per heavy atom. The summed E-state index contributed by atoms with van der Waals surface area (Å²) in [6, 6.07) is 9.58. The van der Waals surface area contributed by atoms with E-state index in [1.54, 1.807) is 51.1 Å². The van der Waals surface area contributed by atoms with Gasteiger partial charge in [-0.3, -0.25) is 13.9 Å². The van der Waals surface area contributed by atoms with Gasteiger partial charge in [0.25, 0.3) is 0 Å². The molecule has 1 atom stereocenters. The highest BCUT2D eigenvalue weighted by atomic mass is 35.5. The summed E-state index contributed by atoms with van der Waals surface area (Å²) in [6.45, 7) is 9.26. The quantitative estimate of drug-likeness (QED) is 0.424. The SMILES string of the molecule is CCC(C(=O)NCC(C)C)N(Cc1c(Cl)cccc1Cl)C(=O)CN(c1c(C)cccc1C)S(C)(=O)=O. The number of anilines is 1. The molecule has 0 heterocycles. The molecule has 0 bridgehead atoms. The molecule has 2 aromatic carbocycles. The van der Waals surface area contributed by atoms with Gasteiger partial charge in [-0.2, -0.15) is 0 Å². The molecule has 36 heavy (non-hydrogen) atoms. The number of hydrogen-bond acceptors (Lipinski definition) is 4. The molecule has 10 heteroatoms. The average Bonchev–Trinajstić information content (AvgIpc) is 2.77. The van der Waals surface area contributed by atoms with E-state index in [2.05, 4.69) is 5.32 Å². The van der Waals surface area contributed by atoms with Crippen LogP contribution in [-0.2, 0) is 26.2 Å². The summed E-state index contributed by atoms with van der Waals surface area (Å²) >= 11 is 12.8. The average molecular weight is 557 g/mol. The third kappa shape index (κ3) is 7.60. The summed E-state index contributed by atoms with van der Waals surface area (Å²) in [5.74, 6) is -0.635. The van der Waals surface area contributed by atoms with Crippen LogP contribution in [0.3, 0.4) is 0 Å². The van der Waals surface area contributed by atoms with E-state index in [1.807, 2.05) is 19.9 Å². The van der Waals surface area contributed by atoms with Crippen molar-refractivity contribution in [3.8, 4) is 0 Å². The number of aryl methyl sites for hydroxylation is 2. The van der Waals surface area contributed by atoms with Gasteiger partial charge in [0.1, 0.15) is 12.6 Å². The zero-order chi connectivity index (χ0) is 27.2. The van der Waals surface area contributed by atoms with E-state index in [9.17, 15) is 18.0 Å². The number of sulfonamides is 1. The third-order valence-electron chi connectivity index (χ3n) is 5.83. The zero-order valence-corrected chi connectivity index (χ0v) is 24.0. The molecule has 0 fully saturated rings. The van der Waals surface area contributed by atoms with Gasteiger partial charge in [-0.25, -0.2) is 8.42 Å². The number of rotatable bonds is 11. The highest BCUT2D eigenvalue weighted by molar-refractivity contribution is 7.92. The second-order valence-electron chi connectivity index (χ2n) is 9.29. The molecule has 2 aromatic rings. The van der Waals surface area contributed by atoms with Gasteiger partial charge in [0.2, 0.25) is 21.8 Å². The number of hydrogen-bond donors (Lipinski definition) is 1. The van der Waals surface area contributed by atoms with E-state index in [4.69, 9.17) is 23.2 Å². The van der Waals surface area contributed by atoms with Gasteiger partial charge in [0.05, 0.1) is 11.9 Å². The predicted molar refractivity (Wildman–Crippen MR) is 147 cm³/mol. The number of nitrogens with one attached hydrogen (secondary N) is 1. The summed E-state index contributed by atoms with van der Waals surface area (Å²) in [6.07, 6.45) is 1.38. The molecule has 0 aliphatic carbocycles. The maximum atomic E-state index is 13.8. The second kappa shape index (κ2) is 12.8. The Morgan fingerprint density at radius 2 is 1.53 bits per heavy atom. The van der Waals surface area contributed by atoms with Crippen LogP contribution in [-0.4, -0.2) is 50.5 Å². The topological polar surface area (TPSA) is 86.8 Å². The van der Waals surface area contributed by atoms with Crippen molar-refractivity contribution in [2.24, 2.45) is 5.92 Å². The summed E-state index contributed by atoms with van der Waals surface area (Å²) in [7, 11) is -3.82. The number of carbonyl (C=O) groups excluding carboxylic acids is 2. The van der Waals surface area contributed by atoms with Gasteiger partial charge in [-0.1, -0.05) is 68.2 Å². The minimum atomic E-state index is -3.82. The molecular formula is C26H35Cl2N3O4S. The Hall–Kier alpha value is -2.29. The zero-order valence-electron chi connectivity index (χ0n) is 21.6. The lowest BCUT2D eigenvalue weighted by Gasteiger charge is -2.34. The summed E-state index contributed by atoms with van der Waals surface area (Å²) in [5.41, 5.74) is 2.37. The molecule has 2 rings (SSSR count). The Balaban J connectivity index is 2.54. The van der Waals surface area contributed by atoms with Gasteiger partial charge in [-0.15, -0.1) is 0 Å². The van der Waals surface area contributed by atoms with E-state index in [0.717, 1.165) is 21.7 Å². The number of para-hydroxylation sites is 1. The molecule has 0 aliphatic rings. The van der Waals surface area contributed by atoms with Crippen LogP contribution in [0.15, 0.2) is 36.4 Å². The monoisotopic (exact) mass is 555 g/mol. The van der Waals surface area contributed by atoms with Crippen molar-refractivity contribution in [3.63, 3.8) is 0 Å². The molecule has 198 valence electrons. The Bertz CT molecular complexity index is 1160. The van der Waals surface area contributed by atoms with Crippen molar-refractivity contribution in [1.82, 2.24) is 10.2 Å². The number of nitrogens with zero attached hydrogens (tertiary/aromatic N) is 2. The van der Waals surface area contributed by atoms with E-state index >= 15 is 0 Å². The van der Waals surface area contributed by atoms with Gasteiger partial charge in [-0.05, 0) is 49.4 Å². The Labute approximate surface area is 224 Å². The normalized spacial score (nSPS) is 12.4. The molecule has 7 nitrogen and oxygen atoms in total. The fraction of sp³-hybridized carbons (Fsp3) is 0.462. The number of carbonyl (C=O) groups is 2. The van der Waals surface area contributed by atoms with Crippen LogP contribution in [0, 0.1) is 19.8 Å². The van der Waals surface area contributed by atoms with Gasteiger partial charge in [0, 0.05) is 28.7 Å². The predicted octanol–water partition coefficient (Wildman–Crippen LogP) is 4.96. The molecule has 0 saturated heterocycles. The molecule has 0 aromatic heterocycles. The first-order valence-corrected chi connectivity index (χ1v) is 14.4. The fourth-order valence-corrected chi connectivity index (χ4v) is 5.45. The van der Waals surface area contributed by atoms with Crippen molar-refractivity contribution < 1.29 is 18.0 Å². The van der Waals surface area contributed by atoms with Crippen molar-refractivity contribution in [2.45, 2.75) is 53.6 Å². The molecular weight excluding hydrogens is 521 g/mol. The van der Waals surface area contributed by atoms with Crippen LogP contribution >= 0.6 is 23.2 Å². The minimum absolute atomic E-state index is 0.0463. The maximum absolute atomic E-state index is 13.8. The number of amides is 2. The van der Waals surface area contributed by atoms with Crippen LogP contribution in [0.4, 0.5) is 5.69 Å². The standard InChI is InChI=1S/C26H35Cl2N3O4S/c1-7-23(26(33)29-14-17(2)3)30(15-20-21(27)12-9-13-22(20)28)24(32)16-31(36(6,34)35)25-18(4)10-8-11-19(25)5/h8-13,17,23H,7,14-16H2,1-6H3,(H,29,33).